The maximum Gasteiger partial charge on any atom is 0.472 e. The lowest BCUT2D eigenvalue weighted by Crippen LogP contribution is -2.45. The minimum Gasteiger partial charge on any atom is -0.387 e. The van der Waals surface area contributed by atoms with Crippen molar-refractivity contribution in [1.29, 1.82) is 0 Å². The largest absolute Gasteiger partial charge is 0.472 e. The fourth-order valence-corrected chi connectivity index (χ4v) is 6.95. The second kappa shape index (κ2) is 35.7. The third kappa shape index (κ3) is 37.3. The second-order valence-corrected chi connectivity index (χ2v) is 17.5. The van der Waals surface area contributed by atoms with Crippen molar-refractivity contribution in [3.63, 3.8) is 0 Å². The maximum absolute atomic E-state index is 12.3. The molecule has 308 valence electrons. The third-order valence-corrected chi connectivity index (χ3v) is 10.6. The molecule has 0 rings (SSSR count). The number of likely N-dealkylation sites (N-methyl/N-ethyl adjacent to an activating group) is 1. The molecule has 0 aliphatic carbocycles. The summed E-state index contributed by atoms with van der Waals surface area (Å²) < 4.78 is 23.1. The van der Waals surface area contributed by atoms with Gasteiger partial charge in [-0.3, -0.25) is 13.8 Å². The molecule has 0 saturated carbocycles. The van der Waals surface area contributed by atoms with Gasteiger partial charge in [0.25, 0.3) is 0 Å². The van der Waals surface area contributed by atoms with E-state index in [9.17, 15) is 19.4 Å². The van der Waals surface area contributed by atoms with Crippen LogP contribution in [0.3, 0.4) is 0 Å². The number of rotatable bonds is 39. The normalized spacial score (nSPS) is 14.7. The van der Waals surface area contributed by atoms with E-state index in [-0.39, 0.29) is 19.1 Å². The number of hydrogen-bond donors (Lipinski definition) is 3. The van der Waals surface area contributed by atoms with Crippen LogP contribution in [-0.2, 0) is 18.4 Å². The SMILES string of the molecule is CCCCCCCCCCCCCCCCCCCCCCCCC/C=C/CC/C=C/C(O)C(COP(=O)(O)OCC[N+](C)(C)C)NC(=O)CCC. The highest BCUT2D eigenvalue weighted by Crippen LogP contribution is 2.43. The molecule has 0 aliphatic rings. The number of hydrogen-bond acceptors (Lipinski definition) is 5. The van der Waals surface area contributed by atoms with Crippen LogP contribution in [-0.4, -0.2) is 73.4 Å². The van der Waals surface area contributed by atoms with E-state index in [1.807, 2.05) is 34.1 Å². The topological polar surface area (TPSA) is 105 Å². The van der Waals surface area contributed by atoms with E-state index >= 15 is 0 Å². The quantitative estimate of drug-likeness (QED) is 0.0250. The molecule has 3 N–H and O–H groups in total. The van der Waals surface area contributed by atoms with Gasteiger partial charge in [0, 0.05) is 6.42 Å². The smallest absolute Gasteiger partial charge is 0.387 e. The van der Waals surface area contributed by atoms with E-state index in [0.29, 0.717) is 23.9 Å². The van der Waals surface area contributed by atoms with Crippen LogP contribution < -0.4 is 5.32 Å². The fourth-order valence-electron chi connectivity index (χ4n) is 6.22. The number of phosphoric ester groups is 1. The van der Waals surface area contributed by atoms with E-state index in [0.717, 1.165) is 19.3 Å². The highest BCUT2D eigenvalue weighted by molar-refractivity contribution is 7.47. The summed E-state index contributed by atoms with van der Waals surface area (Å²) in [5, 5.41) is 13.4. The summed E-state index contributed by atoms with van der Waals surface area (Å²) in [6.07, 6.45) is 43.0. The number of amides is 1. The fraction of sp³-hybridized carbons (Fsp3) is 0.884. The Balaban J connectivity index is 3.81. The van der Waals surface area contributed by atoms with Gasteiger partial charge in [-0.2, -0.15) is 0 Å². The number of phosphoric acid groups is 1. The molecule has 9 heteroatoms. The molecule has 0 aromatic heterocycles. The van der Waals surface area contributed by atoms with Gasteiger partial charge in [0.15, 0.2) is 0 Å². The van der Waals surface area contributed by atoms with Gasteiger partial charge in [-0.05, 0) is 32.1 Å². The van der Waals surface area contributed by atoms with Gasteiger partial charge in [-0.25, -0.2) is 4.57 Å². The van der Waals surface area contributed by atoms with Crippen molar-refractivity contribution in [2.24, 2.45) is 0 Å². The molecule has 0 saturated heterocycles. The van der Waals surface area contributed by atoms with Gasteiger partial charge in [-0.1, -0.05) is 179 Å². The average molecular weight is 758 g/mol. The van der Waals surface area contributed by atoms with Crippen molar-refractivity contribution in [2.75, 3.05) is 40.9 Å². The molecule has 0 fully saturated rings. The zero-order valence-electron chi connectivity index (χ0n) is 34.8. The third-order valence-electron chi connectivity index (χ3n) is 9.64. The predicted molar refractivity (Wildman–Crippen MR) is 221 cm³/mol. The van der Waals surface area contributed by atoms with Gasteiger partial charge >= 0.3 is 7.82 Å². The first-order valence-corrected chi connectivity index (χ1v) is 23.2. The van der Waals surface area contributed by atoms with E-state index in [4.69, 9.17) is 9.05 Å². The van der Waals surface area contributed by atoms with Crippen molar-refractivity contribution >= 4 is 13.7 Å². The zero-order valence-corrected chi connectivity index (χ0v) is 35.7. The monoisotopic (exact) mass is 758 g/mol. The van der Waals surface area contributed by atoms with Gasteiger partial charge in [0.2, 0.25) is 5.91 Å². The standard InChI is InChI=1S/C43H85N2O6P/c1-6-8-9-10-11-12-13-14-15-16-17-18-19-20-21-22-23-24-25-26-27-28-29-30-31-32-33-34-35-37-42(46)41(44-43(47)36-7-2)40-51-52(48,49)50-39-38-45(3,4)5/h31-32,35,37,41-42,46H,6-30,33-34,36,38-40H2,1-5H3,(H-,44,47,48,49)/p+1/b32-31+,37-35+. The Kier molecular flexibility index (Phi) is 35.0. The Labute approximate surface area is 322 Å². The number of aliphatic hydroxyl groups excluding tert-OH is 1. The van der Waals surface area contributed by atoms with Crippen LogP contribution in [0, 0.1) is 0 Å². The zero-order chi connectivity index (χ0) is 38.6. The molecular formula is C43H86N2O6P+. The van der Waals surface area contributed by atoms with Crippen LogP contribution in [0.1, 0.15) is 194 Å². The molecule has 0 radical (unpaired) electrons. The summed E-state index contributed by atoms with van der Waals surface area (Å²) in [4.78, 5) is 22.2. The molecule has 0 aromatic carbocycles. The van der Waals surface area contributed by atoms with Crippen molar-refractivity contribution in [3.05, 3.63) is 24.3 Å². The summed E-state index contributed by atoms with van der Waals surface area (Å²) in [5.74, 6) is -0.240. The minimum atomic E-state index is -4.31. The first-order chi connectivity index (χ1) is 25.0. The lowest BCUT2D eigenvalue weighted by molar-refractivity contribution is -0.870. The van der Waals surface area contributed by atoms with Crippen LogP contribution in [0.5, 0.6) is 0 Å². The number of aliphatic hydroxyl groups is 1. The Morgan fingerprint density at radius 1 is 0.635 bits per heavy atom. The molecule has 3 atom stereocenters. The van der Waals surface area contributed by atoms with E-state index in [1.54, 1.807) is 6.08 Å². The number of quaternary nitrogens is 1. The van der Waals surface area contributed by atoms with Gasteiger partial charge < -0.3 is 19.8 Å². The molecule has 3 unspecified atom stereocenters. The van der Waals surface area contributed by atoms with Crippen molar-refractivity contribution in [1.82, 2.24) is 5.32 Å². The molecule has 0 bridgehead atoms. The second-order valence-electron chi connectivity index (χ2n) is 16.1. The van der Waals surface area contributed by atoms with Gasteiger partial charge in [-0.15, -0.1) is 0 Å². The van der Waals surface area contributed by atoms with Crippen molar-refractivity contribution in [2.45, 2.75) is 206 Å². The molecule has 1 amide bonds. The molecule has 0 heterocycles. The highest BCUT2D eigenvalue weighted by atomic mass is 31.2. The average Bonchev–Trinajstić information content (AvgIpc) is 3.08. The Bertz CT molecular complexity index is 907. The van der Waals surface area contributed by atoms with Crippen LogP contribution in [0.25, 0.3) is 0 Å². The molecule has 8 nitrogen and oxygen atoms in total. The number of unbranched alkanes of at least 4 members (excludes halogenated alkanes) is 24. The van der Waals surface area contributed by atoms with E-state index in [2.05, 4.69) is 24.4 Å². The molecule has 0 spiro atoms. The number of nitrogens with one attached hydrogen (secondary N) is 1. The molecular weight excluding hydrogens is 671 g/mol. The number of carbonyl (C=O) groups excluding carboxylic acids is 1. The van der Waals surface area contributed by atoms with Crippen LogP contribution in [0.2, 0.25) is 0 Å². The highest BCUT2D eigenvalue weighted by Gasteiger charge is 2.27. The lowest BCUT2D eigenvalue weighted by atomic mass is 10.0. The summed E-state index contributed by atoms with van der Waals surface area (Å²) in [5.41, 5.74) is 0. The van der Waals surface area contributed by atoms with E-state index in [1.165, 1.54) is 148 Å². The van der Waals surface area contributed by atoms with Crippen molar-refractivity contribution < 1.29 is 32.9 Å². The van der Waals surface area contributed by atoms with Gasteiger partial charge in [0.1, 0.15) is 13.2 Å². The summed E-state index contributed by atoms with van der Waals surface area (Å²) in [7, 11) is 1.55. The van der Waals surface area contributed by atoms with Crippen LogP contribution >= 0.6 is 7.82 Å². The van der Waals surface area contributed by atoms with E-state index < -0.39 is 20.0 Å². The van der Waals surface area contributed by atoms with Crippen LogP contribution in [0.4, 0.5) is 0 Å². The minimum absolute atomic E-state index is 0.0553. The number of allylic oxidation sites excluding steroid dienone is 3. The summed E-state index contributed by atoms with van der Waals surface area (Å²) in [6.45, 7) is 4.44. The Hall–Kier alpha value is -1.02. The lowest BCUT2D eigenvalue weighted by Gasteiger charge is -2.25. The van der Waals surface area contributed by atoms with Crippen LogP contribution in [0.15, 0.2) is 24.3 Å². The Morgan fingerprint density at radius 2 is 1.06 bits per heavy atom. The predicted octanol–water partition coefficient (Wildman–Crippen LogP) is 11.7. The van der Waals surface area contributed by atoms with Crippen molar-refractivity contribution in [3.8, 4) is 0 Å². The molecule has 52 heavy (non-hydrogen) atoms. The summed E-state index contributed by atoms with van der Waals surface area (Å²) in [6, 6.07) is -0.855. The molecule has 0 aliphatic heterocycles. The first-order valence-electron chi connectivity index (χ1n) is 21.7. The number of carbonyl (C=O) groups is 1. The first kappa shape index (κ1) is 51.0. The van der Waals surface area contributed by atoms with Gasteiger partial charge in [0.05, 0.1) is 39.9 Å². The molecule has 0 aromatic rings. The number of nitrogens with zero attached hydrogens (tertiary/aromatic N) is 1. The maximum atomic E-state index is 12.3. The Morgan fingerprint density at radius 3 is 1.50 bits per heavy atom. The summed E-state index contributed by atoms with van der Waals surface area (Å²) >= 11 is 0.